The molecule has 0 aliphatic heterocycles. The third-order valence-corrected chi connectivity index (χ3v) is 2.09. The van der Waals surface area contributed by atoms with E-state index in [2.05, 4.69) is 4.74 Å². The molecule has 0 fully saturated rings. The van der Waals surface area contributed by atoms with E-state index in [1.165, 1.54) is 0 Å². The van der Waals surface area contributed by atoms with Crippen molar-refractivity contribution >= 4 is 18.0 Å². The Morgan fingerprint density at radius 3 is 2.37 bits per heavy atom. The van der Waals surface area contributed by atoms with Gasteiger partial charge in [-0.1, -0.05) is 13.3 Å². The number of alkyl carbamates (subject to hydrolysis) is 1. The first-order chi connectivity index (χ1) is 9.01. The molecule has 0 saturated carbocycles. The molecule has 0 rings (SSSR count). The van der Waals surface area contributed by atoms with Crippen molar-refractivity contribution in [2.24, 2.45) is 0 Å². The topological polar surface area (TPSA) is 122 Å². The molecule has 1 atom stereocenters. The van der Waals surface area contributed by atoms with E-state index in [0.29, 0.717) is 6.42 Å². The van der Waals surface area contributed by atoms with Crippen LogP contribution in [0.1, 0.15) is 26.2 Å². The fourth-order valence-corrected chi connectivity index (χ4v) is 1.05. The van der Waals surface area contributed by atoms with Gasteiger partial charge in [-0.2, -0.15) is 0 Å². The lowest BCUT2D eigenvalue weighted by atomic mass is 10.2. The van der Waals surface area contributed by atoms with E-state index in [1.807, 2.05) is 12.2 Å². The lowest BCUT2D eigenvalue weighted by Crippen LogP contribution is -2.43. The number of esters is 1. The molecule has 0 heterocycles. The van der Waals surface area contributed by atoms with Gasteiger partial charge in [0.2, 0.25) is 0 Å². The molecular weight excluding hydrogens is 258 g/mol. The lowest BCUT2D eigenvalue weighted by Gasteiger charge is -2.11. The number of hydrogen-bond acceptors (Lipinski definition) is 6. The van der Waals surface area contributed by atoms with Crippen LogP contribution in [0.25, 0.3) is 0 Å². The molecule has 0 aromatic heterocycles. The summed E-state index contributed by atoms with van der Waals surface area (Å²) in [5, 5.41) is 19.1. The van der Waals surface area contributed by atoms with Gasteiger partial charge in [-0.25, -0.2) is 9.59 Å². The second kappa shape index (κ2) is 10.1. The van der Waals surface area contributed by atoms with E-state index in [0.717, 1.165) is 12.8 Å². The Morgan fingerprint density at radius 1 is 1.21 bits per heavy atom. The summed E-state index contributed by atoms with van der Waals surface area (Å²) in [6, 6.07) is -1.42. The molecular formula is C11H19NO7. The maximum absolute atomic E-state index is 11.1. The molecule has 0 aromatic rings. The van der Waals surface area contributed by atoms with Crippen molar-refractivity contribution in [3.8, 4) is 0 Å². The second-order valence-corrected chi connectivity index (χ2v) is 3.68. The standard InChI is InChI=1S/C11H19NO7/c1-2-3-4-9(14)18-5-6-19-11(17)12-8(7-13)10(15)16/h8,13H,2-7H2,1H3,(H,12,17)(H,15,16)/t8-/m1/s1. The molecule has 8 nitrogen and oxygen atoms in total. The van der Waals surface area contributed by atoms with Crippen LogP contribution in [0.2, 0.25) is 0 Å². The maximum atomic E-state index is 11.1. The minimum Gasteiger partial charge on any atom is -0.480 e. The monoisotopic (exact) mass is 277 g/mol. The van der Waals surface area contributed by atoms with Crippen molar-refractivity contribution in [3.63, 3.8) is 0 Å². The van der Waals surface area contributed by atoms with E-state index in [9.17, 15) is 14.4 Å². The van der Waals surface area contributed by atoms with Crippen molar-refractivity contribution < 1.29 is 34.1 Å². The number of carbonyl (C=O) groups excluding carboxylic acids is 2. The smallest absolute Gasteiger partial charge is 0.408 e. The van der Waals surface area contributed by atoms with Gasteiger partial charge in [0.1, 0.15) is 13.2 Å². The molecule has 1 amide bonds. The molecule has 0 radical (unpaired) electrons. The van der Waals surface area contributed by atoms with Gasteiger partial charge in [-0.3, -0.25) is 4.79 Å². The first kappa shape index (κ1) is 17.2. The summed E-state index contributed by atoms with van der Waals surface area (Å²) in [5.41, 5.74) is 0. The highest BCUT2D eigenvalue weighted by Crippen LogP contribution is 1.96. The van der Waals surface area contributed by atoms with Crippen LogP contribution in [-0.4, -0.2) is 54.1 Å². The number of aliphatic hydroxyl groups excluding tert-OH is 1. The van der Waals surface area contributed by atoms with Gasteiger partial charge in [0.05, 0.1) is 6.61 Å². The van der Waals surface area contributed by atoms with Gasteiger partial charge in [0.15, 0.2) is 6.04 Å². The normalized spacial score (nSPS) is 11.5. The Hall–Kier alpha value is -1.83. The van der Waals surface area contributed by atoms with Crippen LogP contribution in [0.3, 0.4) is 0 Å². The molecule has 3 N–H and O–H groups in total. The summed E-state index contributed by atoms with van der Waals surface area (Å²) in [5.74, 6) is -1.74. The van der Waals surface area contributed by atoms with Crippen LogP contribution in [0, 0.1) is 0 Å². The quantitative estimate of drug-likeness (QED) is 0.397. The van der Waals surface area contributed by atoms with E-state index in [-0.39, 0.29) is 19.2 Å². The fourth-order valence-electron chi connectivity index (χ4n) is 1.05. The zero-order valence-electron chi connectivity index (χ0n) is 10.8. The fraction of sp³-hybridized carbons (Fsp3) is 0.727. The Balaban J connectivity index is 3.69. The average molecular weight is 277 g/mol. The number of nitrogens with one attached hydrogen (secondary N) is 1. The number of rotatable bonds is 9. The van der Waals surface area contributed by atoms with E-state index >= 15 is 0 Å². The first-order valence-corrected chi connectivity index (χ1v) is 5.93. The highest BCUT2D eigenvalue weighted by molar-refractivity contribution is 5.79. The van der Waals surface area contributed by atoms with Gasteiger partial charge in [-0.05, 0) is 6.42 Å². The summed E-state index contributed by atoms with van der Waals surface area (Å²) in [6.45, 7) is 0.936. The van der Waals surface area contributed by atoms with Gasteiger partial charge in [0, 0.05) is 6.42 Å². The van der Waals surface area contributed by atoms with Crippen LogP contribution in [0.5, 0.6) is 0 Å². The van der Waals surface area contributed by atoms with Gasteiger partial charge in [0.25, 0.3) is 0 Å². The number of ether oxygens (including phenoxy) is 2. The van der Waals surface area contributed by atoms with Crippen LogP contribution in [0.4, 0.5) is 4.79 Å². The molecule has 0 bridgehead atoms. The number of unbranched alkanes of at least 4 members (excludes halogenated alkanes) is 1. The van der Waals surface area contributed by atoms with Crippen molar-refractivity contribution in [2.45, 2.75) is 32.2 Å². The molecule has 8 heteroatoms. The van der Waals surface area contributed by atoms with Gasteiger partial charge >= 0.3 is 18.0 Å². The van der Waals surface area contributed by atoms with Crippen molar-refractivity contribution in [2.75, 3.05) is 19.8 Å². The summed E-state index contributed by atoms with van der Waals surface area (Å²) < 4.78 is 9.34. The summed E-state index contributed by atoms with van der Waals surface area (Å²) >= 11 is 0. The second-order valence-electron chi connectivity index (χ2n) is 3.68. The van der Waals surface area contributed by atoms with Crippen LogP contribution < -0.4 is 5.32 Å². The predicted molar refractivity (Wildman–Crippen MR) is 63.5 cm³/mol. The predicted octanol–water partition coefficient (Wildman–Crippen LogP) is -0.108. The minimum absolute atomic E-state index is 0.0904. The van der Waals surface area contributed by atoms with E-state index < -0.39 is 24.7 Å². The number of hydrogen-bond donors (Lipinski definition) is 3. The van der Waals surface area contributed by atoms with E-state index in [4.69, 9.17) is 14.9 Å². The zero-order chi connectivity index (χ0) is 14.7. The van der Waals surface area contributed by atoms with Crippen molar-refractivity contribution in [1.29, 1.82) is 0 Å². The van der Waals surface area contributed by atoms with E-state index in [1.54, 1.807) is 0 Å². The average Bonchev–Trinajstić information content (AvgIpc) is 2.38. The minimum atomic E-state index is -1.42. The lowest BCUT2D eigenvalue weighted by molar-refractivity contribution is -0.144. The number of carbonyl (C=O) groups is 3. The largest absolute Gasteiger partial charge is 0.480 e. The number of carboxylic acids is 1. The highest BCUT2D eigenvalue weighted by atomic mass is 16.6. The third-order valence-electron chi connectivity index (χ3n) is 2.09. The molecule has 0 aliphatic carbocycles. The summed E-state index contributed by atoms with van der Waals surface area (Å²) in [6.07, 6.45) is 0.933. The maximum Gasteiger partial charge on any atom is 0.408 e. The van der Waals surface area contributed by atoms with Crippen LogP contribution >= 0.6 is 0 Å². The van der Waals surface area contributed by atoms with Crippen LogP contribution in [-0.2, 0) is 19.1 Å². The SMILES string of the molecule is CCCCC(=O)OCCOC(=O)N[C@H](CO)C(=O)O. The molecule has 0 aliphatic rings. The highest BCUT2D eigenvalue weighted by Gasteiger charge is 2.19. The summed E-state index contributed by atoms with van der Waals surface area (Å²) in [4.78, 5) is 32.6. The molecule has 0 unspecified atom stereocenters. The number of aliphatic hydroxyl groups is 1. The molecule has 0 spiro atoms. The third kappa shape index (κ3) is 8.83. The Kier molecular flexibility index (Phi) is 9.15. The Morgan fingerprint density at radius 2 is 1.84 bits per heavy atom. The van der Waals surface area contributed by atoms with Gasteiger partial charge < -0.3 is 25.0 Å². The summed E-state index contributed by atoms with van der Waals surface area (Å²) in [7, 11) is 0. The molecule has 0 aromatic carbocycles. The number of aliphatic carboxylic acids is 1. The Labute approximate surface area is 110 Å². The number of carboxylic acid groups (broad SMARTS) is 1. The molecule has 0 saturated heterocycles. The van der Waals surface area contributed by atoms with Crippen LogP contribution in [0.15, 0.2) is 0 Å². The van der Waals surface area contributed by atoms with Gasteiger partial charge in [-0.15, -0.1) is 0 Å². The first-order valence-electron chi connectivity index (χ1n) is 5.93. The number of amides is 1. The van der Waals surface area contributed by atoms with Crippen molar-refractivity contribution in [3.05, 3.63) is 0 Å². The van der Waals surface area contributed by atoms with Crippen molar-refractivity contribution in [1.82, 2.24) is 5.32 Å². The molecule has 110 valence electrons. The molecule has 19 heavy (non-hydrogen) atoms. The zero-order valence-corrected chi connectivity index (χ0v) is 10.8. The Bertz CT molecular complexity index is 305.